The van der Waals surface area contributed by atoms with Gasteiger partial charge in [0.05, 0.1) is 6.10 Å². The SMILES string of the molecule is S=C(NC[C@@H]1CCCO1)N1CCN(C/C=C/c2ccccc2)CC1. The van der Waals surface area contributed by atoms with Crippen LogP contribution >= 0.6 is 12.2 Å². The number of hydrogen-bond acceptors (Lipinski definition) is 3. The molecule has 0 aliphatic carbocycles. The molecule has 1 aromatic rings. The summed E-state index contributed by atoms with van der Waals surface area (Å²) in [5.41, 5.74) is 1.26. The van der Waals surface area contributed by atoms with E-state index in [4.69, 9.17) is 17.0 Å². The number of hydrogen-bond donors (Lipinski definition) is 1. The summed E-state index contributed by atoms with van der Waals surface area (Å²) in [6.07, 6.45) is 7.11. The number of nitrogens with one attached hydrogen (secondary N) is 1. The minimum Gasteiger partial charge on any atom is -0.376 e. The fourth-order valence-electron chi connectivity index (χ4n) is 3.15. The lowest BCUT2D eigenvalue weighted by Crippen LogP contribution is -2.52. The Morgan fingerprint density at radius 2 is 2.00 bits per heavy atom. The van der Waals surface area contributed by atoms with Crippen LogP contribution in [0.5, 0.6) is 0 Å². The van der Waals surface area contributed by atoms with Gasteiger partial charge in [-0.1, -0.05) is 42.5 Å². The Hall–Kier alpha value is -1.43. The van der Waals surface area contributed by atoms with Gasteiger partial charge in [-0.3, -0.25) is 4.90 Å². The molecule has 0 radical (unpaired) electrons. The second kappa shape index (κ2) is 9.16. The number of nitrogens with zero attached hydrogens (tertiary/aromatic N) is 2. The standard InChI is InChI=1S/C19H27N3OS/c24-19(20-16-18-9-5-15-23-18)22-13-11-21(12-14-22)10-4-8-17-6-2-1-3-7-17/h1-4,6-8,18H,5,9-16H2,(H,20,24)/b8-4+/t18-/m0/s1. The fourth-order valence-corrected chi connectivity index (χ4v) is 3.42. The summed E-state index contributed by atoms with van der Waals surface area (Å²) in [5.74, 6) is 0. The molecule has 2 aliphatic heterocycles. The molecule has 4 nitrogen and oxygen atoms in total. The molecule has 0 aromatic heterocycles. The highest BCUT2D eigenvalue weighted by atomic mass is 32.1. The molecule has 0 amide bonds. The van der Waals surface area contributed by atoms with Crippen LogP contribution in [0.4, 0.5) is 0 Å². The minimum atomic E-state index is 0.340. The van der Waals surface area contributed by atoms with Crippen molar-refractivity contribution in [1.29, 1.82) is 0 Å². The van der Waals surface area contributed by atoms with Crippen molar-refractivity contribution in [3.63, 3.8) is 0 Å². The van der Waals surface area contributed by atoms with Crippen molar-refractivity contribution in [1.82, 2.24) is 15.1 Å². The summed E-state index contributed by atoms with van der Waals surface area (Å²) < 4.78 is 5.63. The van der Waals surface area contributed by atoms with Crippen LogP contribution in [0.2, 0.25) is 0 Å². The van der Waals surface area contributed by atoms with E-state index in [1.54, 1.807) is 0 Å². The molecular weight excluding hydrogens is 318 g/mol. The van der Waals surface area contributed by atoms with Crippen LogP contribution in [0.25, 0.3) is 6.08 Å². The van der Waals surface area contributed by atoms with Crippen LogP contribution in [0.3, 0.4) is 0 Å². The molecule has 2 aliphatic rings. The Bertz CT molecular complexity index is 535. The maximum Gasteiger partial charge on any atom is 0.169 e. The first-order chi connectivity index (χ1) is 11.8. The zero-order chi connectivity index (χ0) is 16.6. The van der Waals surface area contributed by atoms with Gasteiger partial charge in [0.15, 0.2) is 5.11 Å². The van der Waals surface area contributed by atoms with Gasteiger partial charge >= 0.3 is 0 Å². The molecule has 1 N–H and O–H groups in total. The van der Waals surface area contributed by atoms with Crippen LogP contribution in [-0.2, 0) is 4.74 Å². The van der Waals surface area contributed by atoms with Gasteiger partial charge in [-0.05, 0) is 30.6 Å². The van der Waals surface area contributed by atoms with Gasteiger partial charge in [-0.15, -0.1) is 0 Å². The average molecular weight is 346 g/mol. The van der Waals surface area contributed by atoms with Crippen molar-refractivity contribution in [2.45, 2.75) is 18.9 Å². The van der Waals surface area contributed by atoms with Gasteiger partial charge in [0.1, 0.15) is 0 Å². The van der Waals surface area contributed by atoms with Crippen molar-refractivity contribution in [3.8, 4) is 0 Å². The van der Waals surface area contributed by atoms with Crippen molar-refractivity contribution in [3.05, 3.63) is 42.0 Å². The van der Waals surface area contributed by atoms with E-state index in [-0.39, 0.29) is 0 Å². The van der Waals surface area contributed by atoms with E-state index in [9.17, 15) is 0 Å². The molecule has 0 bridgehead atoms. The third-order valence-corrected chi connectivity index (χ3v) is 5.04. The third-order valence-electron chi connectivity index (χ3n) is 4.64. The predicted octanol–water partition coefficient (Wildman–Crippen LogP) is 2.37. The first kappa shape index (κ1) is 17.4. The lowest BCUT2D eigenvalue weighted by molar-refractivity contribution is 0.112. The molecule has 1 atom stereocenters. The Morgan fingerprint density at radius 3 is 2.71 bits per heavy atom. The van der Waals surface area contributed by atoms with E-state index >= 15 is 0 Å². The Morgan fingerprint density at radius 1 is 1.21 bits per heavy atom. The monoisotopic (exact) mass is 345 g/mol. The molecule has 0 unspecified atom stereocenters. The van der Waals surface area contributed by atoms with Crippen LogP contribution < -0.4 is 5.32 Å². The summed E-state index contributed by atoms with van der Waals surface area (Å²) in [4.78, 5) is 4.75. The highest BCUT2D eigenvalue weighted by molar-refractivity contribution is 7.80. The largest absolute Gasteiger partial charge is 0.376 e. The highest BCUT2D eigenvalue weighted by Crippen LogP contribution is 2.11. The van der Waals surface area contributed by atoms with E-state index in [0.29, 0.717) is 6.10 Å². The second-order valence-corrected chi connectivity index (χ2v) is 6.81. The molecule has 2 saturated heterocycles. The topological polar surface area (TPSA) is 27.7 Å². The molecule has 2 fully saturated rings. The number of thiocarbonyl (C=S) groups is 1. The molecule has 0 spiro atoms. The van der Waals surface area contributed by atoms with Gasteiger partial charge in [-0.25, -0.2) is 0 Å². The van der Waals surface area contributed by atoms with E-state index in [0.717, 1.165) is 57.4 Å². The van der Waals surface area contributed by atoms with Gasteiger partial charge in [0.2, 0.25) is 0 Å². The van der Waals surface area contributed by atoms with Crippen LogP contribution in [0.15, 0.2) is 36.4 Å². The average Bonchev–Trinajstić information content (AvgIpc) is 3.15. The molecule has 130 valence electrons. The first-order valence-electron chi connectivity index (χ1n) is 8.89. The summed E-state index contributed by atoms with van der Waals surface area (Å²) in [5, 5.41) is 4.25. The lowest BCUT2D eigenvalue weighted by atomic mass is 10.2. The summed E-state index contributed by atoms with van der Waals surface area (Å²) in [7, 11) is 0. The summed E-state index contributed by atoms with van der Waals surface area (Å²) >= 11 is 5.53. The van der Waals surface area contributed by atoms with Crippen LogP contribution in [-0.4, -0.2) is 66.9 Å². The normalized spacial score (nSPS) is 22.2. The van der Waals surface area contributed by atoms with E-state index in [1.165, 1.54) is 12.0 Å². The predicted molar refractivity (Wildman–Crippen MR) is 103 cm³/mol. The smallest absolute Gasteiger partial charge is 0.169 e. The summed E-state index contributed by atoms with van der Waals surface area (Å²) in [6.45, 7) is 6.85. The fraction of sp³-hybridized carbons (Fsp3) is 0.526. The van der Waals surface area contributed by atoms with E-state index < -0.39 is 0 Å². The van der Waals surface area contributed by atoms with Gasteiger partial charge in [0.25, 0.3) is 0 Å². The number of piperazine rings is 1. The third kappa shape index (κ3) is 5.30. The van der Waals surface area contributed by atoms with Crippen LogP contribution in [0, 0.1) is 0 Å². The molecule has 0 saturated carbocycles. The van der Waals surface area contributed by atoms with Crippen molar-refractivity contribution < 1.29 is 4.74 Å². The maximum absolute atomic E-state index is 5.63. The zero-order valence-electron chi connectivity index (χ0n) is 14.2. The van der Waals surface area contributed by atoms with Crippen LogP contribution in [0.1, 0.15) is 18.4 Å². The molecule has 5 heteroatoms. The van der Waals surface area contributed by atoms with Crippen molar-refractivity contribution >= 4 is 23.4 Å². The molecule has 2 heterocycles. The highest BCUT2D eigenvalue weighted by Gasteiger charge is 2.20. The Kier molecular flexibility index (Phi) is 6.64. The van der Waals surface area contributed by atoms with E-state index in [2.05, 4.69) is 51.5 Å². The van der Waals surface area contributed by atoms with Gasteiger partial charge in [0, 0.05) is 45.9 Å². The zero-order valence-corrected chi connectivity index (χ0v) is 15.0. The number of benzene rings is 1. The van der Waals surface area contributed by atoms with Gasteiger partial charge < -0.3 is 15.0 Å². The van der Waals surface area contributed by atoms with Gasteiger partial charge in [-0.2, -0.15) is 0 Å². The minimum absolute atomic E-state index is 0.340. The maximum atomic E-state index is 5.63. The number of ether oxygens (including phenoxy) is 1. The quantitative estimate of drug-likeness (QED) is 0.827. The molecule has 24 heavy (non-hydrogen) atoms. The Labute approximate surface area is 150 Å². The van der Waals surface area contributed by atoms with E-state index in [1.807, 2.05) is 6.07 Å². The number of rotatable bonds is 5. The first-order valence-corrected chi connectivity index (χ1v) is 9.30. The summed E-state index contributed by atoms with van der Waals surface area (Å²) in [6, 6.07) is 10.5. The molecule has 3 rings (SSSR count). The van der Waals surface area contributed by atoms with Crippen molar-refractivity contribution in [2.24, 2.45) is 0 Å². The lowest BCUT2D eigenvalue weighted by Gasteiger charge is -2.36. The molecule has 1 aromatic carbocycles. The Balaban J connectivity index is 1.34. The van der Waals surface area contributed by atoms with Crippen molar-refractivity contribution in [2.75, 3.05) is 45.9 Å². The molecular formula is C19H27N3OS. The second-order valence-electron chi connectivity index (χ2n) is 6.42.